The molecule has 0 radical (unpaired) electrons. The third-order valence-electron chi connectivity index (χ3n) is 2.10. The van der Waals surface area contributed by atoms with Crippen LogP contribution < -0.4 is 10.5 Å². The zero-order valence-corrected chi connectivity index (χ0v) is 11.3. The minimum Gasteiger partial charge on any atom is -0.399 e. The largest absolute Gasteiger partial charge is 0.399 e. The molecule has 1 rings (SSSR count). The lowest BCUT2D eigenvalue weighted by Gasteiger charge is -2.18. The summed E-state index contributed by atoms with van der Waals surface area (Å²) in [4.78, 5) is 0. The van der Waals surface area contributed by atoms with Crippen molar-refractivity contribution in [1.29, 1.82) is 0 Å². The number of nitrogens with one attached hydrogen (secondary N) is 1. The smallest absolute Gasteiger partial charge is 0.212 e. The number of sulfonamides is 1. The summed E-state index contributed by atoms with van der Waals surface area (Å²) in [6, 6.07) is 7.14. The van der Waals surface area contributed by atoms with Gasteiger partial charge < -0.3 is 5.73 Å². The van der Waals surface area contributed by atoms with Gasteiger partial charge in [-0.15, -0.1) is 0 Å². The number of nitrogens with two attached hydrogens (primary N) is 1. The van der Waals surface area contributed by atoms with E-state index >= 15 is 0 Å². The fraction of sp³-hybridized carbons (Fsp3) is 0.500. The van der Waals surface area contributed by atoms with Crippen LogP contribution in [0.1, 0.15) is 26.3 Å². The Morgan fingerprint density at radius 3 is 2.18 bits per heavy atom. The van der Waals surface area contributed by atoms with E-state index in [9.17, 15) is 8.42 Å². The van der Waals surface area contributed by atoms with Gasteiger partial charge in [-0.3, -0.25) is 0 Å². The average Bonchev–Trinajstić information content (AvgIpc) is 2.13. The Morgan fingerprint density at radius 1 is 1.18 bits per heavy atom. The molecule has 0 atom stereocenters. The molecule has 17 heavy (non-hydrogen) atoms. The second-order valence-electron chi connectivity index (χ2n) is 5.38. The third-order valence-corrected chi connectivity index (χ3v) is 3.93. The zero-order chi connectivity index (χ0) is 13.1. The van der Waals surface area contributed by atoms with Gasteiger partial charge in [0.25, 0.3) is 0 Å². The molecule has 0 aliphatic heterocycles. The summed E-state index contributed by atoms with van der Waals surface area (Å²) in [5.41, 5.74) is 6.88. The molecule has 0 aliphatic rings. The lowest BCUT2D eigenvalue weighted by atomic mass is 10.0. The summed E-state index contributed by atoms with van der Waals surface area (Å²) >= 11 is 0. The minimum atomic E-state index is -3.23. The first-order valence-electron chi connectivity index (χ1n) is 5.50. The number of hydrogen-bond donors (Lipinski definition) is 2. The fourth-order valence-corrected chi connectivity index (χ4v) is 3.08. The molecule has 96 valence electrons. The van der Waals surface area contributed by atoms with Crippen LogP contribution in [0.5, 0.6) is 0 Å². The van der Waals surface area contributed by atoms with Gasteiger partial charge in [-0.25, -0.2) is 13.1 Å². The molecule has 0 fully saturated rings. The predicted octanol–water partition coefficient (Wildman–Crippen LogP) is 1.73. The van der Waals surface area contributed by atoms with Gasteiger partial charge in [-0.05, 0) is 23.1 Å². The molecule has 1 aromatic carbocycles. The van der Waals surface area contributed by atoms with Crippen molar-refractivity contribution in [3.8, 4) is 0 Å². The van der Waals surface area contributed by atoms with Crippen LogP contribution in [-0.4, -0.2) is 14.2 Å². The monoisotopic (exact) mass is 256 g/mol. The standard InChI is InChI=1S/C12H20N2O2S/c1-12(2,3)9-17(15,16)14-8-10-4-6-11(13)7-5-10/h4-7,14H,8-9,13H2,1-3H3. The van der Waals surface area contributed by atoms with E-state index in [1.165, 1.54) is 0 Å². The molecule has 0 bridgehead atoms. The second-order valence-corrected chi connectivity index (χ2v) is 7.19. The predicted molar refractivity (Wildman–Crippen MR) is 70.9 cm³/mol. The van der Waals surface area contributed by atoms with Crippen molar-refractivity contribution in [2.45, 2.75) is 27.3 Å². The van der Waals surface area contributed by atoms with E-state index in [1.807, 2.05) is 32.9 Å². The summed E-state index contributed by atoms with van der Waals surface area (Å²) in [6.07, 6.45) is 0. The highest BCUT2D eigenvalue weighted by atomic mass is 32.2. The van der Waals surface area contributed by atoms with Crippen molar-refractivity contribution in [3.63, 3.8) is 0 Å². The molecule has 5 heteroatoms. The molecule has 0 amide bonds. The number of anilines is 1. The molecule has 0 heterocycles. The number of benzene rings is 1. The molecule has 4 nitrogen and oxygen atoms in total. The molecule has 0 saturated heterocycles. The molecular formula is C12H20N2O2S. The molecule has 0 aliphatic carbocycles. The van der Waals surface area contributed by atoms with Crippen molar-refractivity contribution in [1.82, 2.24) is 4.72 Å². The molecule has 0 saturated carbocycles. The summed E-state index contributed by atoms with van der Waals surface area (Å²) in [5, 5.41) is 0. The van der Waals surface area contributed by atoms with Crippen LogP contribution in [0.25, 0.3) is 0 Å². The van der Waals surface area contributed by atoms with E-state index < -0.39 is 10.0 Å². The Balaban J connectivity index is 2.59. The van der Waals surface area contributed by atoms with Crippen molar-refractivity contribution < 1.29 is 8.42 Å². The van der Waals surface area contributed by atoms with Gasteiger partial charge >= 0.3 is 0 Å². The third kappa shape index (κ3) is 5.70. The first-order chi connectivity index (χ1) is 7.68. The maximum absolute atomic E-state index is 11.8. The Morgan fingerprint density at radius 2 is 1.71 bits per heavy atom. The van der Waals surface area contributed by atoms with Crippen LogP contribution in [-0.2, 0) is 16.6 Å². The van der Waals surface area contributed by atoms with Gasteiger partial charge in [0.1, 0.15) is 0 Å². The molecule has 0 aromatic heterocycles. The van der Waals surface area contributed by atoms with Gasteiger partial charge in [-0.2, -0.15) is 0 Å². The number of hydrogen-bond acceptors (Lipinski definition) is 3. The minimum absolute atomic E-state index is 0.120. The molecule has 0 unspecified atom stereocenters. The molecule has 1 aromatic rings. The summed E-state index contributed by atoms with van der Waals surface area (Å²) < 4.78 is 26.1. The topological polar surface area (TPSA) is 72.2 Å². The van der Waals surface area contributed by atoms with Crippen LogP contribution in [0.4, 0.5) is 5.69 Å². The Labute approximate surface area is 103 Å². The lowest BCUT2D eigenvalue weighted by molar-refractivity contribution is 0.458. The zero-order valence-electron chi connectivity index (χ0n) is 10.5. The van der Waals surface area contributed by atoms with E-state index in [-0.39, 0.29) is 11.2 Å². The highest BCUT2D eigenvalue weighted by Crippen LogP contribution is 2.15. The van der Waals surface area contributed by atoms with E-state index in [0.29, 0.717) is 12.2 Å². The SMILES string of the molecule is CC(C)(C)CS(=O)(=O)NCc1ccc(N)cc1. The van der Waals surface area contributed by atoms with Crippen molar-refractivity contribution >= 4 is 15.7 Å². The first kappa shape index (κ1) is 14.0. The van der Waals surface area contributed by atoms with E-state index in [4.69, 9.17) is 5.73 Å². The van der Waals surface area contributed by atoms with Crippen LogP contribution in [0.3, 0.4) is 0 Å². The summed E-state index contributed by atoms with van der Waals surface area (Å²) in [7, 11) is -3.23. The van der Waals surface area contributed by atoms with Gasteiger partial charge in [0, 0.05) is 12.2 Å². The number of nitrogen functional groups attached to an aromatic ring is 1. The van der Waals surface area contributed by atoms with Crippen molar-refractivity contribution in [2.75, 3.05) is 11.5 Å². The Bertz CT molecular complexity index is 458. The van der Waals surface area contributed by atoms with Gasteiger partial charge in [0.2, 0.25) is 10.0 Å². The molecule has 3 N–H and O–H groups in total. The van der Waals surface area contributed by atoms with Crippen LogP contribution in [0.15, 0.2) is 24.3 Å². The second kappa shape index (κ2) is 5.06. The maximum atomic E-state index is 11.8. The average molecular weight is 256 g/mol. The Hall–Kier alpha value is -1.07. The Kier molecular flexibility index (Phi) is 4.16. The lowest BCUT2D eigenvalue weighted by Crippen LogP contribution is -2.31. The summed E-state index contributed by atoms with van der Waals surface area (Å²) in [5.74, 6) is 0.120. The van der Waals surface area contributed by atoms with Crippen molar-refractivity contribution in [3.05, 3.63) is 29.8 Å². The normalized spacial score (nSPS) is 12.6. The quantitative estimate of drug-likeness (QED) is 0.806. The van der Waals surface area contributed by atoms with Crippen LogP contribution >= 0.6 is 0 Å². The first-order valence-corrected chi connectivity index (χ1v) is 7.15. The fourth-order valence-electron chi connectivity index (χ4n) is 1.45. The van der Waals surface area contributed by atoms with Crippen LogP contribution in [0, 0.1) is 5.41 Å². The van der Waals surface area contributed by atoms with Gasteiger partial charge in [-0.1, -0.05) is 32.9 Å². The van der Waals surface area contributed by atoms with Gasteiger partial charge in [0.05, 0.1) is 5.75 Å². The number of rotatable bonds is 4. The van der Waals surface area contributed by atoms with Crippen molar-refractivity contribution in [2.24, 2.45) is 5.41 Å². The van der Waals surface area contributed by atoms with E-state index in [1.54, 1.807) is 12.1 Å². The highest BCUT2D eigenvalue weighted by Gasteiger charge is 2.20. The molecule has 0 spiro atoms. The maximum Gasteiger partial charge on any atom is 0.212 e. The van der Waals surface area contributed by atoms with Gasteiger partial charge in [0.15, 0.2) is 0 Å². The van der Waals surface area contributed by atoms with E-state index in [0.717, 1.165) is 5.56 Å². The van der Waals surface area contributed by atoms with Crippen LogP contribution in [0.2, 0.25) is 0 Å². The molecular weight excluding hydrogens is 236 g/mol. The van der Waals surface area contributed by atoms with E-state index in [2.05, 4.69) is 4.72 Å². The highest BCUT2D eigenvalue weighted by molar-refractivity contribution is 7.89. The summed E-state index contributed by atoms with van der Waals surface area (Å²) in [6.45, 7) is 6.00.